The summed E-state index contributed by atoms with van der Waals surface area (Å²) in [6.07, 6.45) is 5.20. The second-order valence-corrected chi connectivity index (χ2v) is 5.46. The molecule has 1 amide bonds. The number of carboxylic acid groups (broad SMARTS) is 1. The Morgan fingerprint density at radius 2 is 2.07 bits per heavy atom. The molecule has 0 spiro atoms. The number of nitrogens with zero attached hydrogens (tertiary/aromatic N) is 1. The van der Waals surface area contributed by atoms with Crippen LogP contribution in [0.1, 0.15) is 39.0 Å². The molecule has 1 heterocycles. The molecular weight excluding hydrogens is 210 g/mol. The maximum absolute atomic E-state index is 10.7. The Bertz CT molecular complexity index is 191. The number of likely N-dealkylation sites (tertiary alicyclic amines) is 1. The van der Waals surface area contributed by atoms with Crippen LogP contribution in [0.3, 0.4) is 0 Å². The second-order valence-electron chi connectivity index (χ2n) is 4.05. The molecular formula is C11H21NO2S. The van der Waals surface area contributed by atoms with Gasteiger partial charge in [0.05, 0.1) is 0 Å². The Morgan fingerprint density at radius 1 is 1.40 bits per heavy atom. The number of thioether (sulfide) groups is 1. The first-order valence-electron chi connectivity index (χ1n) is 5.83. The number of amides is 1. The molecule has 0 aromatic carbocycles. The van der Waals surface area contributed by atoms with Crippen LogP contribution in [0.25, 0.3) is 0 Å². The largest absolute Gasteiger partial charge is 0.465 e. The van der Waals surface area contributed by atoms with E-state index in [1.807, 2.05) is 11.8 Å². The van der Waals surface area contributed by atoms with Crippen LogP contribution in [-0.4, -0.2) is 40.2 Å². The van der Waals surface area contributed by atoms with Crippen molar-refractivity contribution in [3.63, 3.8) is 0 Å². The Labute approximate surface area is 96.2 Å². The summed E-state index contributed by atoms with van der Waals surface area (Å²) in [4.78, 5) is 12.2. The van der Waals surface area contributed by atoms with Crippen molar-refractivity contribution in [3.8, 4) is 0 Å². The van der Waals surface area contributed by atoms with Crippen LogP contribution in [0, 0.1) is 0 Å². The highest BCUT2D eigenvalue weighted by Gasteiger charge is 2.21. The van der Waals surface area contributed by atoms with Gasteiger partial charge in [0.1, 0.15) is 0 Å². The molecule has 1 aliphatic rings. The van der Waals surface area contributed by atoms with E-state index in [1.165, 1.54) is 29.9 Å². The number of rotatable bonds is 5. The molecule has 0 unspecified atom stereocenters. The summed E-state index contributed by atoms with van der Waals surface area (Å²) in [7, 11) is 0. The predicted molar refractivity (Wildman–Crippen MR) is 64.6 cm³/mol. The van der Waals surface area contributed by atoms with Gasteiger partial charge in [-0.2, -0.15) is 11.8 Å². The Morgan fingerprint density at radius 3 is 2.60 bits per heavy atom. The SMILES string of the molecule is CCCCCSC1CCN(C(=O)O)CC1. The van der Waals surface area contributed by atoms with Crippen molar-refractivity contribution in [2.24, 2.45) is 0 Å². The summed E-state index contributed by atoms with van der Waals surface area (Å²) in [5.74, 6) is 1.24. The Kier molecular flexibility index (Phi) is 5.91. The first-order valence-corrected chi connectivity index (χ1v) is 6.88. The van der Waals surface area contributed by atoms with Crippen molar-refractivity contribution < 1.29 is 9.90 Å². The van der Waals surface area contributed by atoms with E-state index in [2.05, 4.69) is 6.92 Å². The summed E-state index contributed by atoms with van der Waals surface area (Å²) in [5, 5.41) is 9.48. The highest BCUT2D eigenvalue weighted by Crippen LogP contribution is 2.24. The highest BCUT2D eigenvalue weighted by atomic mass is 32.2. The van der Waals surface area contributed by atoms with Crippen molar-refractivity contribution in [1.82, 2.24) is 4.90 Å². The normalized spacial score (nSPS) is 18.1. The molecule has 1 saturated heterocycles. The molecule has 0 aliphatic carbocycles. The van der Waals surface area contributed by atoms with Crippen LogP contribution in [0.15, 0.2) is 0 Å². The van der Waals surface area contributed by atoms with Crippen LogP contribution in [-0.2, 0) is 0 Å². The Hall–Kier alpha value is -0.380. The maximum atomic E-state index is 10.7. The number of carbonyl (C=O) groups is 1. The third kappa shape index (κ3) is 4.78. The van der Waals surface area contributed by atoms with Crippen molar-refractivity contribution in [3.05, 3.63) is 0 Å². The van der Waals surface area contributed by atoms with E-state index < -0.39 is 6.09 Å². The molecule has 1 aliphatic heterocycles. The molecule has 15 heavy (non-hydrogen) atoms. The van der Waals surface area contributed by atoms with E-state index in [-0.39, 0.29) is 0 Å². The lowest BCUT2D eigenvalue weighted by atomic mass is 10.1. The van der Waals surface area contributed by atoms with E-state index >= 15 is 0 Å². The molecule has 0 radical (unpaired) electrons. The van der Waals surface area contributed by atoms with Crippen LogP contribution < -0.4 is 0 Å². The second kappa shape index (κ2) is 6.99. The molecule has 1 N–H and O–H groups in total. The van der Waals surface area contributed by atoms with Gasteiger partial charge in [-0.05, 0) is 25.0 Å². The van der Waals surface area contributed by atoms with E-state index in [4.69, 9.17) is 5.11 Å². The third-order valence-corrected chi connectivity index (χ3v) is 4.28. The highest BCUT2D eigenvalue weighted by molar-refractivity contribution is 7.99. The Balaban J connectivity index is 2.07. The molecule has 0 saturated carbocycles. The number of piperidine rings is 1. The molecule has 4 heteroatoms. The van der Waals surface area contributed by atoms with Crippen molar-refractivity contribution in [1.29, 1.82) is 0 Å². The van der Waals surface area contributed by atoms with Gasteiger partial charge in [0.15, 0.2) is 0 Å². The topological polar surface area (TPSA) is 40.5 Å². The van der Waals surface area contributed by atoms with Gasteiger partial charge in [-0.1, -0.05) is 19.8 Å². The van der Waals surface area contributed by atoms with Gasteiger partial charge in [0, 0.05) is 18.3 Å². The number of hydrogen-bond donors (Lipinski definition) is 1. The lowest BCUT2D eigenvalue weighted by Crippen LogP contribution is -2.38. The summed E-state index contributed by atoms with van der Waals surface area (Å²) < 4.78 is 0. The summed E-state index contributed by atoms with van der Waals surface area (Å²) in [5.41, 5.74) is 0. The average molecular weight is 231 g/mol. The zero-order valence-corrected chi connectivity index (χ0v) is 10.3. The van der Waals surface area contributed by atoms with Gasteiger partial charge < -0.3 is 10.0 Å². The van der Waals surface area contributed by atoms with Gasteiger partial charge in [-0.15, -0.1) is 0 Å². The number of unbranched alkanes of at least 4 members (excludes halogenated alkanes) is 2. The van der Waals surface area contributed by atoms with Gasteiger partial charge in [-0.25, -0.2) is 4.79 Å². The summed E-state index contributed by atoms with van der Waals surface area (Å²) >= 11 is 2.03. The standard InChI is InChI=1S/C11H21NO2S/c1-2-3-4-9-15-10-5-7-12(8-6-10)11(13)14/h10H,2-9H2,1H3,(H,13,14). The summed E-state index contributed by atoms with van der Waals surface area (Å²) in [6.45, 7) is 3.66. The zero-order valence-electron chi connectivity index (χ0n) is 9.45. The van der Waals surface area contributed by atoms with Crippen molar-refractivity contribution in [2.45, 2.75) is 44.3 Å². The molecule has 0 aromatic heterocycles. The van der Waals surface area contributed by atoms with Crippen LogP contribution in [0.2, 0.25) is 0 Å². The fraction of sp³-hybridized carbons (Fsp3) is 0.909. The number of hydrogen-bond acceptors (Lipinski definition) is 2. The third-order valence-electron chi connectivity index (χ3n) is 2.81. The first kappa shape index (κ1) is 12.7. The van der Waals surface area contributed by atoms with Gasteiger partial charge in [0.2, 0.25) is 0 Å². The van der Waals surface area contributed by atoms with E-state index in [0.29, 0.717) is 5.25 Å². The van der Waals surface area contributed by atoms with Gasteiger partial charge >= 0.3 is 6.09 Å². The monoisotopic (exact) mass is 231 g/mol. The van der Waals surface area contributed by atoms with Crippen LogP contribution in [0.5, 0.6) is 0 Å². The summed E-state index contributed by atoms with van der Waals surface area (Å²) in [6, 6.07) is 0. The quantitative estimate of drug-likeness (QED) is 0.739. The van der Waals surface area contributed by atoms with Crippen molar-refractivity contribution in [2.75, 3.05) is 18.8 Å². The molecule has 1 fully saturated rings. The molecule has 0 atom stereocenters. The lowest BCUT2D eigenvalue weighted by Gasteiger charge is -2.29. The lowest BCUT2D eigenvalue weighted by molar-refractivity contribution is 0.136. The fourth-order valence-corrected chi connectivity index (χ4v) is 3.06. The minimum Gasteiger partial charge on any atom is -0.465 e. The van der Waals surface area contributed by atoms with Crippen molar-refractivity contribution >= 4 is 17.9 Å². The minimum atomic E-state index is -0.760. The van der Waals surface area contributed by atoms with Crippen LogP contribution >= 0.6 is 11.8 Å². The smallest absolute Gasteiger partial charge is 0.407 e. The minimum absolute atomic E-state index is 0.692. The molecule has 0 bridgehead atoms. The van der Waals surface area contributed by atoms with E-state index in [1.54, 1.807) is 0 Å². The van der Waals surface area contributed by atoms with E-state index in [9.17, 15) is 4.79 Å². The fourth-order valence-electron chi connectivity index (χ4n) is 1.82. The van der Waals surface area contributed by atoms with Crippen LogP contribution in [0.4, 0.5) is 4.79 Å². The van der Waals surface area contributed by atoms with Gasteiger partial charge in [0.25, 0.3) is 0 Å². The zero-order chi connectivity index (χ0) is 11.1. The molecule has 1 rings (SSSR count). The van der Waals surface area contributed by atoms with E-state index in [0.717, 1.165) is 25.9 Å². The first-order chi connectivity index (χ1) is 7.24. The average Bonchev–Trinajstić information content (AvgIpc) is 2.25. The molecule has 88 valence electrons. The predicted octanol–water partition coefficient (Wildman–Crippen LogP) is 3.05. The molecule has 3 nitrogen and oxygen atoms in total. The van der Waals surface area contributed by atoms with Gasteiger partial charge in [-0.3, -0.25) is 0 Å². The molecule has 0 aromatic rings. The maximum Gasteiger partial charge on any atom is 0.407 e.